The highest BCUT2D eigenvalue weighted by Gasteiger charge is 2.22. The van der Waals surface area contributed by atoms with Crippen LogP contribution >= 0.6 is 0 Å². The van der Waals surface area contributed by atoms with Crippen LogP contribution in [0, 0.1) is 0 Å². The van der Waals surface area contributed by atoms with Crippen LogP contribution in [0.4, 0.5) is 0 Å². The third-order valence-electron chi connectivity index (χ3n) is 13.4. The summed E-state index contributed by atoms with van der Waals surface area (Å²) in [5, 5.41) is 11.8. The summed E-state index contributed by atoms with van der Waals surface area (Å²) in [7, 11) is 5.92. The van der Waals surface area contributed by atoms with Gasteiger partial charge in [0.05, 0.1) is 40.3 Å². The first-order chi connectivity index (χ1) is 39.1. The van der Waals surface area contributed by atoms with E-state index in [9.17, 15) is 19.5 Å². The first-order valence-corrected chi connectivity index (χ1v) is 32.2. The molecule has 0 aromatic heterocycles. The van der Waals surface area contributed by atoms with Gasteiger partial charge in [-0.2, -0.15) is 0 Å². The molecule has 0 aromatic rings. The van der Waals surface area contributed by atoms with E-state index in [2.05, 4.69) is 135 Å². The van der Waals surface area contributed by atoms with Gasteiger partial charge in [0.25, 0.3) is 0 Å². The fourth-order valence-electron chi connectivity index (χ4n) is 8.52. The Morgan fingerprint density at radius 2 is 0.713 bits per heavy atom. The van der Waals surface area contributed by atoms with Gasteiger partial charge in [0.2, 0.25) is 0 Å². The van der Waals surface area contributed by atoms with Crippen molar-refractivity contribution in [2.45, 2.75) is 264 Å². The lowest BCUT2D eigenvalue weighted by molar-refractivity contribution is -0.870. The van der Waals surface area contributed by atoms with Crippen molar-refractivity contribution in [1.29, 1.82) is 0 Å². The number of unbranched alkanes of at least 4 members (excludes halogenated alkanes) is 23. The Bertz CT molecular complexity index is 1730. The second-order valence-corrected chi connectivity index (χ2v) is 22.3. The van der Waals surface area contributed by atoms with Crippen molar-refractivity contribution in [3.8, 4) is 0 Å². The van der Waals surface area contributed by atoms with Gasteiger partial charge >= 0.3 is 11.9 Å². The minimum absolute atomic E-state index is 0.141. The minimum Gasteiger partial charge on any atom is -0.545 e. The average Bonchev–Trinajstić information content (AvgIpc) is 3.43. The molecule has 2 atom stereocenters. The Morgan fingerprint density at radius 3 is 1.07 bits per heavy atom. The van der Waals surface area contributed by atoms with Gasteiger partial charge in [-0.25, -0.2) is 0 Å². The van der Waals surface area contributed by atoms with Crippen LogP contribution in [-0.2, 0) is 33.3 Å². The zero-order valence-electron chi connectivity index (χ0n) is 51.9. The van der Waals surface area contributed by atoms with Gasteiger partial charge < -0.3 is 33.3 Å². The number of nitrogens with zero attached hydrogens (tertiary/aromatic N) is 1. The maximum Gasteiger partial charge on any atom is 0.306 e. The SMILES string of the molecule is CC/C=C\C/C=C\C/C=C\C/C=C\C/C=C\C/C=C\C/C=C\C/C=C\C/C=C\CCCCCCCCCCCCCC(=O)OC(COC(=O)CCCCCCC/C=C\CCCCCCCCC)COC(OCC[N+](C)(C)C)C(=O)[O-]. The maximum absolute atomic E-state index is 12.9. The molecule has 0 saturated heterocycles. The molecule has 0 aliphatic rings. The fraction of sp³-hybridized carbons (Fsp3) is 0.676. The highest BCUT2D eigenvalue weighted by atomic mass is 16.7. The number of hydrogen-bond donors (Lipinski definition) is 0. The molecule has 9 nitrogen and oxygen atoms in total. The van der Waals surface area contributed by atoms with Crippen LogP contribution in [0.1, 0.15) is 251 Å². The van der Waals surface area contributed by atoms with Crippen molar-refractivity contribution in [3.63, 3.8) is 0 Å². The van der Waals surface area contributed by atoms with E-state index in [1.807, 2.05) is 21.1 Å². The summed E-state index contributed by atoms with van der Waals surface area (Å²) in [5.74, 6) is -2.30. The molecule has 0 heterocycles. The molecule has 456 valence electrons. The molecule has 0 radical (unpaired) electrons. The zero-order valence-corrected chi connectivity index (χ0v) is 51.9. The molecule has 2 unspecified atom stereocenters. The fourth-order valence-corrected chi connectivity index (χ4v) is 8.52. The first kappa shape index (κ1) is 75.7. The minimum atomic E-state index is -1.63. The third kappa shape index (κ3) is 61.3. The number of quaternary nitrogens is 1. The molecular formula is C71H119NO8. The number of aliphatic carboxylic acids is 1. The standard InChI is InChI=1S/C71H119NO8/c1-6-8-10-12-14-16-18-20-22-24-25-26-27-28-29-30-31-32-33-34-35-36-37-38-39-40-41-42-43-44-45-46-48-50-52-54-56-58-60-62-69(74)80-67(66-79-71(70(75)76)77-64-63-72(3,4)5)65-78-68(73)61-59-57-55-53-51-49-47-23-21-19-17-15-13-11-9-7-2/h8,10,14,16,20,22-23,25-26,28-29,31-32,34-35,37-38,40-41,47,67,71H,6-7,9,11-13,15,17-19,21,24,27,30,33,36,39,42-46,48-66H2,1-5H3/b10-8-,16-14-,22-20-,26-25-,29-28-,32-31-,35-34-,38-37-,41-40-,47-23-. The predicted octanol–water partition coefficient (Wildman–Crippen LogP) is 18.3. The summed E-state index contributed by atoms with van der Waals surface area (Å²) in [6, 6.07) is 0. The van der Waals surface area contributed by atoms with Crippen molar-refractivity contribution in [3.05, 3.63) is 122 Å². The van der Waals surface area contributed by atoms with E-state index in [4.69, 9.17) is 18.9 Å². The molecule has 0 spiro atoms. The summed E-state index contributed by atoms with van der Waals surface area (Å²) < 4.78 is 22.7. The van der Waals surface area contributed by atoms with Crippen LogP contribution in [-0.4, -0.2) is 82.3 Å². The number of allylic oxidation sites excluding steroid dienone is 20. The monoisotopic (exact) mass is 1110 g/mol. The molecule has 80 heavy (non-hydrogen) atoms. The number of carbonyl (C=O) groups is 3. The Morgan fingerprint density at radius 1 is 0.388 bits per heavy atom. The molecule has 0 aliphatic carbocycles. The number of hydrogen-bond acceptors (Lipinski definition) is 8. The molecule has 0 amide bonds. The molecule has 0 rings (SSSR count). The van der Waals surface area contributed by atoms with E-state index in [0.717, 1.165) is 122 Å². The normalized spacial score (nSPS) is 13.6. The van der Waals surface area contributed by atoms with Crippen LogP contribution in [0.3, 0.4) is 0 Å². The number of carbonyl (C=O) groups excluding carboxylic acids is 3. The molecular weight excluding hydrogens is 995 g/mol. The lowest BCUT2D eigenvalue weighted by Crippen LogP contribution is -2.44. The number of rotatable bonds is 58. The van der Waals surface area contributed by atoms with Gasteiger partial charge in [-0.05, 0) is 109 Å². The lowest BCUT2D eigenvalue weighted by atomic mass is 10.0. The van der Waals surface area contributed by atoms with E-state index >= 15 is 0 Å². The highest BCUT2D eigenvalue weighted by molar-refractivity contribution is 5.70. The second-order valence-electron chi connectivity index (χ2n) is 22.3. The molecule has 0 bridgehead atoms. The lowest BCUT2D eigenvalue weighted by Gasteiger charge is -2.26. The largest absolute Gasteiger partial charge is 0.545 e. The number of carboxylic acid groups (broad SMARTS) is 1. The van der Waals surface area contributed by atoms with E-state index in [1.165, 1.54) is 96.3 Å². The van der Waals surface area contributed by atoms with Gasteiger partial charge in [0, 0.05) is 12.8 Å². The summed E-state index contributed by atoms with van der Waals surface area (Å²) in [4.78, 5) is 37.3. The van der Waals surface area contributed by atoms with E-state index < -0.39 is 24.3 Å². The van der Waals surface area contributed by atoms with Crippen molar-refractivity contribution >= 4 is 17.9 Å². The second kappa shape index (κ2) is 60.8. The van der Waals surface area contributed by atoms with E-state index in [0.29, 0.717) is 17.4 Å². The van der Waals surface area contributed by atoms with Crippen molar-refractivity contribution in [1.82, 2.24) is 0 Å². The highest BCUT2D eigenvalue weighted by Crippen LogP contribution is 2.15. The quantitative estimate of drug-likeness (QED) is 0.0195. The smallest absolute Gasteiger partial charge is 0.306 e. The molecule has 0 aromatic carbocycles. The molecule has 0 saturated carbocycles. The van der Waals surface area contributed by atoms with Crippen molar-refractivity contribution in [2.75, 3.05) is 47.5 Å². The summed E-state index contributed by atoms with van der Waals surface area (Å²) in [6.45, 7) is 4.62. The molecule has 0 aliphatic heterocycles. The summed E-state index contributed by atoms with van der Waals surface area (Å²) >= 11 is 0. The van der Waals surface area contributed by atoms with Gasteiger partial charge in [0.15, 0.2) is 12.4 Å². The molecule has 0 fully saturated rings. The van der Waals surface area contributed by atoms with Gasteiger partial charge in [-0.15, -0.1) is 0 Å². The third-order valence-corrected chi connectivity index (χ3v) is 13.4. The zero-order chi connectivity index (χ0) is 58.3. The Kier molecular flexibility index (Phi) is 57.5. The number of likely N-dealkylation sites (N-methyl/N-ethyl adjacent to an activating group) is 1. The Labute approximate surface area is 491 Å². The van der Waals surface area contributed by atoms with E-state index in [1.54, 1.807) is 0 Å². The average molecular weight is 1110 g/mol. The Hall–Kier alpha value is -4.31. The summed E-state index contributed by atoms with van der Waals surface area (Å²) in [6.07, 6.45) is 82.6. The summed E-state index contributed by atoms with van der Waals surface area (Å²) in [5.41, 5.74) is 0. The van der Waals surface area contributed by atoms with E-state index in [-0.39, 0.29) is 38.6 Å². The van der Waals surface area contributed by atoms with Crippen molar-refractivity contribution in [2.24, 2.45) is 0 Å². The van der Waals surface area contributed by atoms with Gasteiger partial charge in [0.1, 0.15) is 13.2 Å². The van der Waals surface area contributed by atoms with Gasteiger partial charge in [-0.3, -0.25) is 9.59 Å². The molecule has 9 heteroatoms. The van der Waals surface area contributed by atoms with Crippen LogP contribution in [0.15, 0.2) is 122 Å². The molecule has 0 N–H and O–H groups in total. The Balaban J connectivity index is 4.14. The van der Waals surface area contributed by atoms with Crippen LogP contribution < -0.4 is 5.11 Å². The predicted molar refractivity (Wildman–Crippen MR) is 338 cm³/mol. The van der Waals surface area contributed by atoms with Crippen LogP contribution in [0.5, 0.6) is 0 Å². The topological polar surface area (TPSA) is 111 Å². The van der Waals surface area contributed by atoms with Gasteiger partial charge in [-0.1, -0.05) is 251 Å². The van der Waals surface area contributed by atoms with Crippen LogP contribution in [0.25, 0.3) is 0 Å². The maximum atomic E-state index is 12.9. The van der Waals surface area contributed by atoms with Crippen LogP contribution in [0.2, 0.25) is 0 Å². The van der Waals surface area contributed by atoms with Crippen molar-refractivity contribution < 1.29 is 42.9 Å². The number of ether oxygens (including phenoxy) is 4. The number of carboxylic acids is 1. The number of esters is 2. The first-order valence-electron chi connectivity index (χ1n) is 32.2.